The van der Waals surface area contributed by atoms with Crippen molar-refractivity contribution in [1.82, 2.24) is 0 Å². The van der Waals surface area contributed by atoms with Crippen LogP contribution in [0.2, 0.25) is 0 Å². The van der Waals surface area contributed by atoms with Crippen molar-refractivity contribution >= 4 is 39.0 Å². The van der Waals surface area contributed by atoms with E-state index in [2.05, 4.69) is 261 Å². The van der Waals surface area contributed by atoms with Gasteiger partial charge in [0.05, 0.1) is 11.1 Å². The Bertz CT molecular complexity index is 4150. The maximum absolute atomic E-state index is 6.36. The van der Waals surface area contributed by atoms with Crippen LogP contribution in [0.25, 0.3) is 88.7 Å². The molecular formula is C70H47NO. The summed E-state index contributed by atoms with van der Waals surface area (Å²) < 4.78 is 6.36. The van der Waals surface area contributed by atoms with Gasteiger partial charge in [0.2, 0.25) is 0 Å². The van der Waals surface area contributed by atoms with Crippen LogP contribution in [0.15, 0.2) is 253 Å². The SMILES string of the molecule is CC1(C)c2ccccc2-c2ccc(N(c3ccc(-c4ccccc4)cc3)c3cc(-c4ccc5oc6ccccc6c5c4)ccc3-c3cccc4c3-c3ccccc3C43c4ccccc4-c4ccccc43)cc21. The van der Waals surface area contributed by atoms with Gasteiger partial charge in [-0.25, -0.2) is 0 Å². The van der Waals surface area contributed by atoms with Crippen LogP contribution in [0.1, 0.15) is 47.2 Å². The zero-order valence-corrected chi connectivity index (χ0v) is 40.0. The topological polar surface area (TPSA) is 16.4 Å². The van der Waals surface area contributed by atoms with E-state index >= 15 is 0 Å². The fraction of sp³-hybridized carbons (Fsp3) is 0.0571. The van der Waals surface area contributed by atoms with Crippen molar-refractivity contribution in [3.8, 4) is 66.8 Å². The smallest absolute Gasteiger partial charge is 0.135 e. The van der Waals surface area contributed by atoms with Gasteiger partial charge in [0.1, 0.15) is 11.2 Å². The number of para-hydroxylation sites is 1. The highest BCUT2D eigenvalue weighted by atomic mass is 16.3. The summed E-state index contributed by atoms with van der Waals surface area (Å²) in [5.41, 5.74) is 27.2. The highest BCUT2D eigenvalue weighted by Crippen LogP contribution is 2.64. The molecule has 11 aromatic carbocycles. The summed E-state index contributed by atoms with van der Waals surface area (Å²) in [7, 11) is 0. The molecular weight excluding hydrogens is 871 g/mol. The molecule has 3 aliphatic rings. The summed E-state index contributed by atoms with van der Waals surface area (Å²) in [5, 5.41) is 2.23. The van der Waals surface area contributed by atoms with Crippen LogP contribution in [-0.4, -0.2) is 0 Å². The lowest BCUT2D eigenvalue weighted by atomic mass is 9.70. The van der Waals surface area contributed by atoms with Crippen LogP contribution in [0.5, 0.6) is 0 Å². The van der Waals surface area contributed by atoms with E-state index < -0.39 is 5.41 Å². The second kappa shape index (κ2) is 15.3. The van der Waals surface area contributed by atoms with Gasteiger partial charge in [-0.2, -0.15) is 0 Å². The molecule has 0 fully saturated rings. The molecule has 12 aromatic rings. The van der Waals surface area contributed by atoms with Gasteiger partial charge >= 0.3 is 0 Å². The van der Waals surface area contributed by atoms with E-state index in [9.17, 15) is 0 Å². The number of nitrogens with zero attached hydrogens (tertiary/aromatic N) is 1. The number of benzene rings is 11. The van der Waals surface area contributed by atoms with Crippen molar-refractivity contribution in [1.29, 1.82) is 0 Å². The van der Waals surface area contributed by atoms with Crippen LogP contribution in [0.4, 0.5) is 17.1 Å². The average Bonchev–Trinajstić information content (AvgIpc) is 4.14. The molecule has 72 heavy (non-hydrogen) atoms. The molecule has 0 radical (unpaired) electrons. The van der Waals surface area contributed by atoms with Gasteiger partial charge in [-0.05, 0) is 143 Å². The second-order valence-electron chi connectivity index (χ2n) is 20.3. The molecule has 2 nitrogen and oxygen atoms in total. The van der Waals surface area contributed by atoms with Crippen LogP contribution < -0.4 is 4.90 Å². The lowest BCUT2D eigenvalue weighted by Crippen LogP contribution is -2.25. The standard InChI is InChI=1S/C70H47NO/c1-69(2)59-25-11-6-19-50(59)53-39-37-49(43-64(53)69)71(48-35-31-45(32-36-48)44-17-4-3-5-18-44)65-42-47(46-34-40-67-58(41-46)55-22-10-15-30-66(55)72-67)33-38-54(65)56-24-16-29-63-68(56)57-23-9-14-28-62(57)70(63)60-26-12-7-20-51(60)52-21-8-13-27-61(52)70/h3-43H,1-2H3. The zero-order valence-electron chi connectivity index (χ0n) is 40.0. The monoisotopic (exact) mass is 917 g/mol. The fourth-order valence-electron chi connectivity index (χ4n) is 13.1. The summed E-state index contributed by atoms with van der Waals surface area (Å²) in [6.45, 7) is 4.75. The van der Waals surface area contributed by atoms with Crippen LogP contribution in [-0.2, 0) is 10.8 Å². The molecule has 0 saturated heterocycles. The molecule has 338 valence electrons. The van der Waals surface area contributed by atoms with Gasteiger partial charge in [-0.3, -0.25) is 0 Å². The molecule has 3 aliphatic carbocycles. The molecule has 0 N–H and O–H groups in total. The number of hydrogen-bond donors (Lipinski definition) is 0. The van der Waals surface area contributed by atoms with Gasteiger partial charge in [-0.1, -0.05) is 214 Å². The van der Waals surface area contributed by atoms with Crippen molar-refractivity contribution in [2.24, 2.45) is 0 Å². The third-order valence-corrected chi connectivity index (χ3v) is 16.3. The first-order valence-corrected chi connectivity index (χ1v) is 25.2. The summed E-state index contributed by atoms with van der Waals surface area (Å²) in [5.74, 6) is 0. The van der Waals surface area contributed by atoms with Gasteiger partial charge in [0.25, 0.3) is 0 Å². The molecule has 15 rings (SSSR count). The predicted octanol–water partition coefficient (Wildman–Crippen LogP) is 18.7. The molecule has 1 aromatic heterocycles. The highest BCUT2D eigenvalue weighted by molar-refractivity contribution is 6.07. The van der Waals surface area contributed by atoms with Crippen LogP contribution in [0, 0.1) is 0 Å². The number of fused-ring (bicyclic) bond motifs is 16. The molecule has 0 bridgehead atoms. The van der Waals surface area contributed by atoms with Gasteiger partial charge < -0.3 is 9.32 Å². The Morgan fingerprint density at radius 2 is 0.806 bits per heavy atom. The molecule has 0 unspecified atom stereocenters. The maximum atomic E-state index is 6.36. The number of anilines is 3. The molecule has 0 aliphatic heterocycles. The van der Waals surface area contributed by atoms with Crippen molar-refractivity contribution in [2.45, 2.75) is 24.7 Å². The quantitative estimate of drug-likeness (QED) is 0.165. The zero-order chi connectivity index (χ0) is 47.7. The Kier molecular flexibility index (Phi) is 8.66. The van der Waals surface area contributed by atoms with Crippen LogP contribution in [0.3, 0.4) is 0 Å². The normalized spacial score (nSPS) is 13.9. The lowest BCUT2D eigenvalue weighted by Gasteiger charge is -2.31. The third-order valence-electron chi connectivity index (χ3n) is 16.3. The van der Waals surface area contributed by atoms with Crippen LogP contribution >= 0.6 is 0 Å². The Balaban J connectivity index is 1.02. The number of hydrogen-bond acceptors (Lipinski definition) is 2. The molecule has 1 heterocycles. The Labute approximate surface area is 419 Å². The first kappa shape index (κ1) is 40.9. The lowest BCUT2D eigenvalue weighted by molar-refractivity contribution is 0.660. The van der Waals surface area contributed by atoms with E-state index in [0.717, 1.165) is 55.7 Å². The minimum Gasteiger partial charge on any atom is -0.456 e. The summed E-state index contributed by atoms with van der Waals surface area (Å²) in [6, 6.07) is 92.5. The first-order chi connectivity index (χ1) is 35.5. The van der Waals surface area contributed by atoms with Gasteiger partial charge in [-0.15, -0.1) is 0 Å². The van der Waals surface area contributed by atoms with Crippen molar-refractivity contribution < 1.29 is 4.42 Å². The molecule has 0 atom stereocenters. The number of rotatable bonds is 6. The number of furan rings is 1. The van der Waals surface area contributed by atoms with E-state index in [1.807, 2.05) is 6.07 Å². The van der Waals surface area contributed by atoms with E-state index in [-0.39, 0.29) is 5.41 Å². The molecule has 1 spiro atoms. The summed E-state index contributed by atoms with van der Waals surface area (Å²) >= 11 is 0. The van der Waals surface area contributed by atoms with Gasteiger partial charge in [0, 0.05) is 33.1 Å². The van der Waals surface area contributed by atoms with Crippen molar-refractivity contribution in [2.75, 3.05) is 4.90 Å². The van der Waals surface area contributed by atoms with Gasteiger partial charge in [0.15, 0.2) is 0 Å². The maximum Gasteiger partial charge on any atom is 0.135 e. The molecule has 2 heteroatoms. The molecule has 0 saturated carbocycles. The van der Waals surface area contributed by atoms with E-state index in [1.165, 1.54) is 83.5 Å². The van der Waals surface area contributed by atoms with E-state index in [1.54, 1.807) is 0 Å². The first-order valence-electron chi connectivity index (χ1n) is 25.2. The summed E-state index contributed by atoms with van der Waals surface area (Å²) in [4.78, 5) is 2.52. The van der Waals surface area contributed by atoms with Crippen molar-refractivity contribution in [3.05, 3.63) is 282 Å². The second-order valence-corrected chi connectivity index (χ2v) is 20.3. The Morgan fingerprint density at radius 3 is 1.56 bits per heavy atom. The average molecular weight is 918 g/mol. The summed E-state index contributed by atoms with van der Waals surface area (Å²) in [6.07, 6.45) is 0. The Morgan fingerprint density at radius 1 is 0.306 bits per heavy atom. The minimum atomic E-state index is -0.467. The molecule has 0 amide bonds. The largest absolute Gasteiger partial charge is 0.456 e. The minimum absolute atomic E-state index is 0.190. The van der Waals surface area contributed by atoms with E-state index in [0.29, 0.717) is 0 Å². The highest BCUT2D eigenvalue weighted by Gasteiger charge is 2.52. The third kappa shape index (κ3) is 5.66. The predicted molar refractivity (Wildman–Crippen MR) is 299 cm³/mol. The van der Waals surface area contributed by atoms with Crippen molar-refractivity contribution in [3.63, 3.8) is 0 Å². The van der Waals surface area contributed by atoms with E-state index in [4.69, 9.17) is 4.42 Å². The Hall–Kier alpha value is -8.98. The fourth-order valence-corrected chi connectivity index (χ4v) is 13.1.